The molecule has 1 aromatic heterocycles. The summed E-state index contributed by atoms with van der Waals surface area (Å²) in [6.45, 7) is 2.04. The van der Waals surface area contributed by atoms with Crippen LogP contribution in [-0.4, -0.2) is 24.0 Å². The largest absolute Gasteiger partial charge is 0.444 e. The van der Waals surface area contributed by atoms with E-state index in [4.69, 9.17) is 4.42 Å². The van der Waals surface area contributed by atoms with Crippen LogP contribution in [0.2, 0.25) is 0 Å². The molecule has 3 rings (SSSR count). The molecule has 22 heavy (non-hydrogen) atoms. The Kier molecular flexibility index (Phi) is 5.98. The lowest BCUT2D eigenvalue weighted by atomic mass is 9.94. The molecule has 2 heterocycles. The Morgan fingerprint density at radius 1 is 1.27 bits per heavy atom. The van der Waals surface area contributed by atoms with Gasteiger partial charge in [-0.2, -0.15) is 0 Å². The van der Waals surface area contributed by atoms with Crippen molar-refractivity contribution in [2.45, 2.75) is 19.3 Å². The molecule has 1 aromatic carbocycles. The summed E-state index contributed by atoms with van der Waals surface area (Å²) in [5.41, 5.74) is 1.76. The number of oxazole rings is 1. The molecule has 0 spiro atoms. The number of nitrogens with one attached hydrogen (secondary N) is 2. The number of aromatic nitrogens is 1. The summed E-state index contributed by atoms with van der Waals surface area (Å²) in [6, 6.07) is 7.61. The van der Waals surface area contributed by atoms with Crippen LogP contribution in [0.5, 0.6) is 0 Å². The molecule has 0 aliphatic carbocycles. The molecule has 6 heteroatoms. The van der Waals surface area contributed by atoms with Crippen LogP contribution >= 0.6 is 12.4 Å². The fraction of sp³-hybridized carbons (Fsp3) is 0.375. The summed E-state index contributed by atoms with van der Waals surface area (Å²) < 4.78 is 5.24. The highest BCUT2D eigenvalue weighted by Crippen LogP contribution is 2.21. The van der Waals surface area contributed by atoms with Gasteiger partial charge < -0.3 is 15.1 Å². The van der Waals surface area contributed by atoms with Gasteiger partial charge in [-0.1, -0.05) is 0 Å². The fourth-order valence-electron chi connectivity index (χ4n) is 2.64. The average Bonchev–Trinajstić information content (AvgIpc) is 3.03. The van der Waals surface area contributed by atoms with E-state index in [2.05, 4.69) is 15.6 Å². The molecule has 1 saturated heterocycles. The van der Waals surface area contributed by atoms with Gasteiger partial charge in [0.25, 0.3) is 0 Å². The van der Waals surface area contributed by atoms with Gasteiger partial charge in [-0.05, 0) is 56.1 Å². The predicted molar refractivity (Wildman–Crippen MR) is 88.0 cm³/mol. The summed E-state index contributed by atoms with van der Waals surface area (Å²) in [4.78, 5) is 15.9. The Balaban J connectivity index is 0.00000176. The van der Waals surface area contributed by atoms with Gasteiger partial charge in [0.05, 0.1) is 6.20 Å². The molecule has 0 bridgehead atoms. The molecular weight excluding hydrogens is 302 g/mol. The second-order valence-electron chi connectivity index (χ2n) is 5.39. The zero-order valence-corrected chi connectivity index (χ0v) is 13.1. The van der Waals surface area contributed by atoms with E-state index in [9.17, 15) is 4.79 Å². The molecule has 2 N–H and O–H groups in total. The SMILES string of the molecule is Cl.O=C(CC1CCNCC1)Nc1ccc(-c2cnco2)cc1. The van der Waals surface area contributed by atoms with Gasteiger partial charge in [0, 0.05) is 17.7 Å². The smallest absolute Gasteiger partial charge is 0.224 e. The topological polar surface area (TPSA) is 67.2 Å². The summed E-state index contributed by atoms with van der Waals surface area (Å²) in [5.74, 6) is 1.32. The number of anilines is 1. The van der Waals surface area contributed by atoms with Crippen molar-refractivity contribution in [2.24, 2.45) is 5.92 Å². The molecule has 0 atom stereocenters. The Labute approximate surface area is 135 Å². The third kappa shape index (κ3) is 4.32. The van der Waals surface area contributed by atoms with Crippen LogP contribution in [0.4, 0.5) is 5.69 Å². The number of carbonyl (C=O) groups excluding carboxylic acids is 1. The van der Waals surface area contributed by atoms with E-state index < -0.39 is 0 Å². The van der Waals surface area contributed by atoms with Crippen molar-refractivity contribution in [3.63, 3.8) is 0 Å². The third-order valence-corrected chi connectivity index (χ3v) is 3.82. The van der Waals surface area contributed by atoms with Gasteiger partial charge in [0.1, 0.15) is 0 Å². The number of amides is 1. The number of piperidine rings is 1. The molecule has 2 aromatic rings. The van der Waals surface area contributed by atoms with Gasteiger partial charge in [0.15, 0.2) is 12.2 Å². The monoisotopic (exact) mass is 321 g/mol. The molecule has 1 amide bonds. The molecule has 0 saturated carbocycles. The van der Waals surface area contributed by atoms with Crippen LogP contribution in [-0.2, 0) is 4.79 Å². The van der Waals surface area contributed by atoms with Crippen LogP contribution in [0.3, 0.4) is 0 Å². The first-order valence-corrected chi connectivity index (χ1v) is 7.31. The van der Waals surface area contributed by atoms with E-state index in [-0.39, 0.29) is 18.3 Å². The van der Waals surface area contributed by atoms with Crippen LogP contribution in [0, 0.1) is 5.92 Å². The minimum atomic E-state index is 0. The van der Waals surface area contributed by atoms with E-state index in [1.54, 1.807) is 6.20 Å². The maximum Gasteiger partial charge on any atom is 0.224 e. The first-order valence-electron chi connectivity index (χ1n) is 7.31. The number of carbonyl (C=O) groups is 1. The van der Waals surface area contributed by atoms with Crippen molar-refractivity contribution >= 4 is 24.0 Å². The van der Waals surface area contributed by atoms with E-state index in [0.717, 1.165) is 42.9 Å². The average molecular weight is 322 g/mol. The number of rotatable bonds is 4. The third-order valence-electron chi connectivity index (χ3n) is 3.82. The lowest BCUT2D eigenvalue weighted by molar-refractivity contribution is -0.117. The minimum Gasteiger partial charge on any atom is -0.444 e. The Hall–Kier alpha value is -1.85. The van der Waals surface area contributed by atoms with Crippen molar-refractivity contribution < 1.29 is 9.21 Å². The summed E-state index contributed by atoms with van der Waals surface area (Å²) >= 11 is 0. The lowest BCUT2D eigenvalue weighted by Gasteiger charge is -2.21. The standard InChI is InChI=1S/C16H19N3O2.ClH/c20-16(9-12-5-7-17-8-6-12)19-14-3-1-13(2-4-14)15-10-18-11-21-15;/h1-4,10-12,17H,5-9H2,(H,19,20);1H. The van der Waals surface area contributed by atoms with Gasteiger partial charge in [0.2, 0.25) is 5.91 Å². The first-order chi connectivity index (χ1) is 10.3. The zero-order chi connectivity index (χ0) is 14.5. The molecule has 1 aliphatic heterocycles. The normalized spacial score (nSPS) is 15.1. The predicted octanol–water partition coefficient (Wildman–Crippen LogP) is 3.09. The van der Waals surface area contributed by atoms with Crippen LogP contribution < -0.4 is 10.6 Å². The fourth-order valence-corrected chi connectivity index (χ4v) is 2.64. The number of hydrogen-bond donors (Lipinski definition) is 2. The van der Waals surface area contributed by atoms with Gasteiger partial charge in [-0.25, -0.2) is 4.98 Å². The Bertz CT molecular complexity index is 578. The number of nitrogens with zero attached hydrogens (tertiary/aromatic N) is 1. The highest BCUT2D eigenvalue weighted by molar-refractivity contribution is 5.91. The van der Waals surface area contributed by atoms with Gasteiger partial charge in [-0.3, -0.25) is 4.79 Å². The summed E-state index contributed by atoms with van der Waals surface area (Å²) in [5, 5.41) is 6.27. The van der Waals surface area contributed by atoms with Crippen molar-refractivity contribution in [2.75, 3.05) is 18.4 Å². The highest BCUT2D eigenvalue weighted by atomic mass is 35.5. The molecular formula is C16H20ClN3O2. The van der Waals surface area contributed by atoms with Crippen molar-refractivity contribution in [3.8, 4) is 11.3 Å². The zero-order valence-electron chi connectivity index (χ0n) is 12.2. The Morgan fingerprint density at radius 2 is 2.00 bits per heavy atom. The van der Waals surface area contributed by atoms with Crippen molar-refractivity contribution in [3.05, 3.63) is 36.9 Å². The number of hydrogen-bond acceptors (Lipinski definition) is 4. The van der Waals surface area contributed by atoms with Crippen molar-refractivity contribution in [1.82, 2.24) is 10.3 Å². The molecule has 0 unspecified atom stereocenters. The highest BCUT2D eigenvalue weighted by Gasteiger charge is 2.16. The maximum absolute atomic E-state index is 12.0. The minimum absolute atomic E-state index is 0. The molecule has 5 nitrogen and oxygen atoms in total. The second kappa shape index (κ2) is 7.96. The van der Waals surface area contributed by atoms with Gasteiger partial charge >= 0.3 is 0 Å². The molecule has 118 valence electrons. The lowest BCUT2D eigenvalue weighted by Crippen LogP contribution is -2.30. The van der Waals surface area contributed by atoms with Crippen LogP contribution in [0.1, 0.15) is 19.3 Å². The van der Waals surface area contributed by atoms with E-state index in [1.807, 2.05) is 24.3 Å². The van der Waals surface area contributed by atoms with Crippen LogP contribution in [0.15, 0.2) is 41.3 Å². The molecule has 1 fully saturated rings. The molecule has 1 aliphatic rings. The van der Waals surface area contributed by atoms with E-state index >= 15 is 0 Å². The van der Waals surface area contributed by atoms with Gasteiger partial charge in [-0.15, -0.1) is 12.4 Å². The quantitative estimate of drug-likeness (QED) is 0.908. The Morgan fingerprint density at radius 3 is 2.64 bits per heavy atom. The number of benzene rings is 1. The van der Waals surface area contributed by atoms with Crippen molar-refractivity contribution in [1.29, 1.82) is 0 Å². The van der Waals surface area contributed by atoms with E-state index in [0.29, 0.717) is 12.3 Å². The summed E-state index contributed by atoms with van der Waals surface area (Å²) in [6.07, 6.45) is 5.84. The first kappa shape index (κ1) is 16.5. The summed E-state index contributed by atoms with van der Waals surface area (Å²) in [7, 11) is 0. The van der Waals surface area contributed by atoms with Crippen LogP contribution in [0.25, 0.3) is 11.3 Å². The number of halogens is 1. The maximum atomic E-state index is 12.0. The van der Waals surface area contributed by atoms with E-state index in [1.165, 1.54) is 6.39 Å². The molecule has 0 radical (unpaired) electrons. The second-order valence-corrected chi connectivity index (χ2v) is 5.39.